The number of rotatable bonds is 4. The van der Waals surface area contributed by atoms with Gasteiger partial charge in [0.05, 0.1) is 0 Å². The lowest BCUT2D eigenvalue weighted by molar-refractivity contribution is 0.101. The third-order valence-corrected chi connectivity index (χ3v) is 5.23. The average molecular weight is 430 g/mol. The first-order valence-electron chi connectivity index (χ1n) is 10.7. The van der Waals surface area contributed by atoms with Crippen LogP contribution in [0, 0.1) is 0 Å². The van der Waals surface area contributed by atoms with E-state index >= 15 is 0 Å². The van der Waals surface area contributed by atoms with Crippen molar-refractivity contribution in [2.45, 2.75) is 52.4 Å². The molecule has 1 heterocycles. The molecule has 0 bridgehead atoms. The smallest absolute Gasteiger partial charge is 0.274 e. The molecule has 166 valence electrons. The highest BCUT2D eigenvalue weighted by Crippen LogP contribution is 2.24. The summed E-state index contributed by atoms with van der Waals surface area (Å²) in [5, 5.41) is 5.68. The number of aromatic nitrogens is 1. The van der Waals surface area contributed by atoms with Crippen LogP contribution in [0.25, 0.3) is 0 Å². The predicted octanol–water partition coefficient (Wildman–Crippen LogP) is 6.18. The van der Waals surface area contributed by atoms with E-state index in [-0.39, 0.29) is 34.0 Å². The van der Waals surface area contributed by atoms with Crippen LogP contribution in [0.15, 0.2) is 66.7 Å². The van der Waals surface area contributed by atoms with E-state index in [0.717, 1.165) is 0 Å². The van der Waals surface area contributed by atoms with Gasteiger partial charge >= 0.3 is 0 Å². The first kappa shape index (κ1) is 23.2. The number of pyridine rings is 1. The largest absolute Gasteiger partial charge is 0.321 e. The molecule has 3 aromatic rings. The Hall–Kier alpha value is -3.47. The fourth-order valence-corrected chi connectivity index (χ4v) is 3.19. The summed E-state index contributed by atoms with van der Waals surface area (Å²) in [7, 11) is 0. The Balaban J connectivity index is 1.69. The van der Waals surface area contributed by atoms with E-state index in [1.165, 1.54) is 11.1 Å². The van der Waals surface area contributed by atoms with Gasteiger partial charge in [-0.1, -0.05) is 71.9 Å². The van der Waals surface area contributed by atoms with Gasteiger partial charge in [-0.25, -0.2) is 4.98 Å². The molecule has 0 radical (unpaired) electrons. The molecule has 0 unspecified atom stereocenters. The Bertz CT molecular complexity index is 1020. The van der Waals surface area contributed by atoms with Gasteiger partial charge in [0.15, 0.2) is 0 Å². The Morgan fingerprint density at radius 3 is 1.25 bits per heavy atom. The number of benzene rings is 2. The molecule has 1 aromatic heterocycles. The lowest BCUT2D eigenvalue weighted by Gasteiger charge is -2.19. The van der Waals surface area contributed by atoms with Crippen LogP contribution >= 0.6 is 0 Å². The Labute approximate surface area is 190 Å². The predicted molar refractivity (Wildman–Crippen MR) is 130 cm³/mol. The lowest BCUT2D eigenvalue weighted by atomic mass is 9.87. The van der Waals surface area contributed by atoms with Gasteiger partial charge in [0, 0.05) is 11.4 Å². The summed E-state index contributed by atoms with van der Waals surface area (Å²) >= 11 is 0. The van der Waals surface area contributed by atoms with E-state index in [1.54, 1.807) is 18.2 Å². The van der Waals surface area contributed by atoms with Gasteiger partial charge < -0.3 is 10.6 Å². The van der Waals surface area contributed by atoms with Gasteiger partial charge in [0.1, 0.15) is 11.4 Å². The standard InChI is InChI=1S/C27H31N3O2/c1-26(2,3)18-10-14-20(15-11-18)28-24(31)22-8-7-9-23(30-22)25(32)29-21-16-12-19(13-17-21)27(4,5)6/h7-17H,1-6H3,(H,28,31)(H,29,32). The summed E-state index contributed by atoms with van der Waals surface area (Å²) in [4.78, 5) is 29.6. The normalized spacial score (nSPS) is 11.7. The monoisotopic (exact) mass is 429 g/mol. The summed E-state index contributed by atoms with van der Waals surface area (Å²) in [6.45, 7) is 12.8. The first-order chi connectivity index (χ1) is 14.9. The van der Waals surface area contributed by atoms with Crippen molar-refractivity contribution in [2.75, 3.05) is 10.6 Å². The zero-order chi connectivity index (χ0) is 23.5. The van der Waals surface area contributed by atoms with Gasteiger partial charge in [-0.15, -0.1) is 0 Å². The van der Waals surface area contributed by atoms with E-state index in [0.29, 0.717) is 11.4 Å². The average Bonchev–Trinajstić information content (AvgIpc) is 2.73. The van der Waals surface area contributed by atoms with Crippen LogP contribution in [0.5, 0.6) is 0 Å². The van der Waals surface area contributed by atoms with E-state index < -0.39 is 0 Å². The highest BCUT2D eigenvalue weighted by molar-refractivity contribution is 6.06. The fourth-order valence-electron chi connectivity index (χ4n) is 3.19. The summed E-state index contributed by atoms with van der Waals surface area (Å²) in [6, 6.07) is 20.3. The molecular formula is C27H31N3O2. The Morgan fingerprint density at radius 2 is 0.938 bits per heavy atom. The second-order valence-corrected chi connectivity index (χ2v) is 9.97. The number of nitrogens with zero attached hydrogens (tertiary/aromatic N) is 1. The summed E-state index contributed by atoms with van der Waals surface area (Å²) in [5.41, 5.74) is 4.17. The van der Waals surface area contributed by atoms with E-state index in [2.05, 4.69) is 57.2 Å². The van der Waals surface area contributed by atoms with Crippen LogP contribution in [0.1, 0.15) is 73.6 Å². The minimum atomic E-state index is -0.363. The molecule has 5 nitrogen and oxygen atoms in total. The van der Waals surface area contributed by atoms with Crippen molar-refractivity contribution in [3.8, 4) is 0 Å². The van der Waals surface area contributed by atoms with Crippen molar-refractivity contribution in [3.05, 3.63) is 89.2 Å². The maximum atomic E-state index is 12.7. The molecule has 0 spiro atoms. The number of hydrogen-bond donors (Lipinski definition) is 2. The SMILES string of the molecule is CC(C)(C)c1ccc(NC(=O)c2cccc(C(=O)Nc3ccc(C(C)(C)C)cc3)n2)cc1. The molecule has 0 atom stereocenters. The first-order valence-corrected chi connectivity index (χ1v) is 10.7. The number of nitrogens with one attached hydrogen (secondary N) is 2. The number of hydrogen-bond acceptors (Lipinski definition) is 3. The third-order valence-electron chi connectivity index (χ3n) is 5.23. The molecule has 5 heteroatoms. The Kier molecular flexibility index (Phi) is 6.49. The van der Waals surface area contributed by atoms with Crippen molar-refractivity contribution in [3.63, 3.8) is 0 Å². The topological polar surface area (TPSA) is 71.1 Å². The van der Waals surface area contributed by atoms with Crippen molar-refractivity contribution < 1.29 is 9.59 Å². The van der Waals surface area contributed by atoms with Crippen LogP contribution in [0.2, 0.25) is 0 Å². The third kappa shape index (κ3) is 5.82. The molecule has 2 aromatic carbocycles. The maximum Gasteiger partial charge on any atom is 0.274 e. The van der Waals surface area contributed by atoms with Gasteiger partial charge in [0.2, 0.25) is 0 Å². The zero-order valence-corrected chi connectivity index (χ0v) is 19.6. The Morgan fingerprint density at radius 1 is 0.594 bits per heavy atom. The molecule has 32 heavy (non-hydrogen) atoms. The van der Waals surface area contributed by atoms with Crippen LogP contribution in [0.3, 0.4) is 0 Å². The number of carbonyl (C=O) groups excluding carboxylic acids is 2. The minimum Gasteiger partial charge on any atom is -0.321 e. The van der Waals surface area contributed by atoms with E-state index in [9.17, 15) is 9.59 Å². The van der Waals surface area contributed by atoms with E-state index in [4.69, 9.17) is 0 Å². The molecule has 0 saturated carbocycles. The van der Waals surface area contributed by atoms with Crippen LogP contribution in [0.4, 0.5) is 11.4 Å². The fraction of sp³-hybridized carbons (Fsp3) is 0.296. The quantitative estimate of drug-likeness (QED) is 0.520. The second-order valence-electron chi connectivity index (χ2n) is 9.97. The number of anilines is 2. The maximum absolute atomic E-state index is 12.7. The van der Waals surface area contributed by atoms with Crippen molar-refractivity contribution in [1.29, 1.82) is 0 Å². The molecule has 0 fully saturated rings. The summed E-state index contributed by atoms with van der Waals surface area (Å²) in [5.74, 6) is -0.727. The number of amides is 2. The number of carbonyl (C=O) groups is 2. The molecule has 3 rings (SSSR count). The summed E-state index contributed by atoms with van der Waals surface area (Å²) in [6.07, 6.45) is 0. The van der Waals surface area contributed by atoms with Crippen LogP contribution < -0.4 is 10.6 Å². The minimum absolute atomic E-state index is 0.0405. The highest BCUT2D eigenvalue weighted by atomic mass is 16.2. The van der Waals surface area contributed by atoms with Gasteiger partial charge in [-0.3, -0.25) is 9.59 Å². The van der Waals surface area contributed by atoms with Crippen molar-refractivity contribution in [1.82, 2.24) is 4.98 Å². The second kappa shape index (κ2) is 8.95. The van der Waals surface area contributed by atoms with Crippen LogP contribution in [-0.4, -0.2) is 16.8 Å². The van der Waals surface area contributed by atoms with Gasteiger partial charge in [-0.2, -0.15) is 0 Å². The lowest BCUT2D eigenvalue weighted by Crippen LogP contribution is -2.19. The molecule has 2 amide bonds. The zero-order valence-electron chi connectivity index (χ0n) is 19.6. The molecule has 0 aliphatic heterocycles. The molecule has 0 aliphatic carbocycles. The molecule has 0 aliphatic rings. The van der Waals surface area contributed by atoms with Crippen molar-refractivity contribution in [2.24, 2.45) is 0 Å². The van der Waals surface area contributed by atoms with Gasteiger partial charge in [-0.05, 0) is 58.4 Å². The van der Waals surface area contributed by atoms with E-state index in [1.807, 2.05) is 48.5 Å². The van der Waals surface area contributed by atoms with Crippen molar-refractivity contribution >= 4 is 23.2 Å². The molecule has 2 N–H and O–H groups in total. The molecular weight excluding hydrogens is 398 g/mol. The molecule has 0 saturated heterocycles. The summed E-state index contributed by atoms with van der Waals surface area (Å²) < 4.78 is 0. The van der Waals surface area contributed by atoms with Crippen LogP contribution in [-0.2, 0) is 10.8 Å². The van der Waals surface area contributed by atoms with Gasteiger partial charge in [0.25, 0.3) is 11.8 Å². The highest BCUT2D eigenvalue weighted by Gasteiger charge is 2.16.